The molecule has 0 aromatic carbocycles. The molecule has 4 N–H and O–H groups in total. The van der Waals surface area contributed by atoms with Crippen LogP contribution in [-0.4, -0.2) is 46.1 Å². The lowest BCUT2D eigenvalue weighted by Gasteiger charge is -2.21. The van der Waals surface area contributed by atoms with E-state index in [1.807, 2.05) is 6.08 Å². The van der Waals surface area contributed by atoms with Crippen LogP contribution < -0.4 is 5.32 Å². The van der Waals surface area contributed by atoms with Gasteiger partial charge in [-0.25, -0.2) is 0 Å². The van der Waals surface area contributed by atoms with Gasteiger partial charge < -0.3 is 20.6 Å². The van der Waals surface area contributed by atoms with E-state index in [2.05, 4.69) is 19.2 Å². The van der Waals surface area contributed by atoms with Crippen molar-refractivity contribution in [2.24, 2.45) is 0 Å². The second-order valence-corrected chi connectivity index (χ2v) is 19.9. The Hall–Kier alpha value is -0.910. The summed E-state index contributed by atoms with van der Waals surface area (Å²) in [4.78, 5) is 12.4. The number of aliphatic hydroxyl groups excluding tert-OH is 3. The van der Waals surface area contributed by atoms with Crippen LogP contribution in [0.2, 0.25) is 0 Å². The van der Waals surface area contributed by atoms with E-state index < -0.39 is 18.2 Å². The maximum absolute atomic E-state index is 12.4. The molecule has 0 bridgehead atoms. The molecule has 3 unspecified atom stereocenters. The smallest absolute Gasteiger partial charge is 0.222 e. The summed E-state index contributed by atoms with van der Waals surface area (Å²) < 4.78 is 0. The largest absolute Gasteiger partial charge is 0.394 e. The lowest BCUT2D eigenvalue weighted by atomic mass is 10.0. The average molecular weight is 877 g/mol. The van der Waals surface area contributed by atoms with Gasteiger partial charge in [0.2, 0.25) is 5.91 Å². The van der Waals surface area contributed by atoms with Gasteiger partial charge >= 0.3 is 0 Å². The number of allylic oxidation sites excluding steroid dienone is 1. The van der Waals surface area contributed by atoms with Gasteiger partial charge in [-0.2, -0.15) is 0 Å². The van der Waals surface area contributed by atoms with E-state index in [0.717, 1.165) is 25.7 Å². The Balaban J connectivity index is 3.38. The van der Waals surface area contributed by atoms with Crippen LogP contribution in [0.25, 0.3) is 0 Å². The van der Waals surface area contributed by atoms with Crippen molar-refractivity contribution in [2.75, 3.05) is 6.61 Å². The molecule has 0 saturated heterocycles. The molecular formula is C57H113NO4. The summed E-state index contributed by atoms with van der Waals surface area (Å²) in [6.45, 7) is 4.22. The minimum Gasteiger partial charge on any atom is -0.394 e. The Kier molecular flexibility index (Phi) is 51.9. The molecule has 0 saturated carbocycles. The molecule has 0 aromatic heterocycles. The molecular weight excluding hydrogens is 763 g/mol. The average Bonchev–Trinajstić information content (AvgIpc) is 3.27. The fraction of sp³-hybridized carbons (Fsp3) is 0.947. The molecule has 0 rings (SSSR count). The molecule has 0 aliphatic rings. The number of carbonyl (C=O) groups excluding carboxylic acids is 1. The van der Waals surface area contributed by atoms with Crippen LogP contribution in [0, 0.1) is 0 Å². The van der Waals surface area contributed by atoms with Crippen molar-refractivity contribution in [3.05, 3.63) is 12.2 Å². The van der Waals surface area contributed by atoms with E-state index in [4.69, 9.17) is 0 Å². The van der Waals surface area contributed by atoms with Crippen LogP contribution in [0.5, 0.6) is 0 Å². The SMILES string of the molecule is CCCCCCCCCC/C=C/C(O)C(CO)NC(=O)CC(O)CCCCCCCCCCCCCCCCCCCCCCCCCCCCCCCCCCCCCCC. The van der Waals surface area contributed by atoms with Crippen molar-refractivity contribution in [3.8, 4) is 0 Å². The predicted octanol–water partition coefficient (Wildman–Crippen LogP) is 17.5. The summed E-state index contributed by atoms with van der Waals surface area (Å²) in [6, 6.07) is -0.739. The third-order valence-corrected chi connectivity index (χ3v) is 13.6. The Morgan fingerprint density at radius 3 is 0.935 bits per heavy atom. The molecule has 62 heavy (non-hydrogen) atoms. The molecule has 0 fully saturated rings. The highest BCUT2D eigenvalue weighted by atomic mass is 16.3. The molecule has 1 amide bonds. The van der Waals surface area contributed by atoms with Gasteiger partial charge in [0.1, 0.15) is 0 Å². The Morgan fingerprint density at radius 2 is 0.661 bits per heavy atom. The summed E-state index contributed by atoms with van der Waals surface area (Å²) in [7, 11) is 0. The fourth-order valence-electron chi connectivity index (χ4n) is 9.23. The molecule has 5 nitrogen and oxygen atoms in total. The first kappa shape index (κ1) is 61.1. The van der Waals surface area contributed by atoms with Gasteiger partial charge in [-0.1, -0.05) is 309 Å². The number of carbonyl (C=O) groups is 1. The Morgan fingerprint density at radius 1 is 0.403 bits per heavy atom. The first-order valence-electron chi connectivity index (χ1n) is 28.5. The van der Waals surface area contributed by atoms with Gasteiger partial charge in [0.05, 0.1) is 31.3 Å². The van der Waals surface area contributed by atoms with Crippen molar-refractivity contribution in [1.82, 2.24) is 5.32 Å². The van der Waals surface area contributed by atoms with E-state index in [1.54, 1.807) is 6.08 Å². The van der Waals surface area contributed by atoms with Gasteiger partial charge in [-0.05, 0) is 19.3 Å². The number of aliphatic hydroxyl groups is 3. The van der Waals surface area contributed by atoms with Crippen LogP contribution in [0.1, 0.15) is 322 Å². The topological polar surface area (TPSA) is 89.8 Å². The molecule has 0 aliphatic carbocycles. The maximum Gasteiger partial charge on any atom is 0.222 e. The van der Waals surface area contributed by atoms with Crippen molar-refractivity contribution < 1.29 is 20.1 Å². The number of hydrogen-bond acceptors (Lipinski definition) is 4. The highest BCUT2D eigenvalue weighted by molar-refractivity contribution is 5.76. The summed E-state index contributed by atoms with van der Waals surface area (Å²) >= 11 is 0. The van der Waals surface area contributed by atoms with Gasteiger partial charge in [0.15, 0.2) is 0 Å². The van der Waals surface area contributed by atoms with Crippen molar-refractivity contribution in [2.45, 2.75) is 340 Å². The van der Waals surface area contributed by atoms with E-state index in [-0.39, 0.29) is 18.9 Å². The van der Waals surface area contributed by atoms with E-state index in [0.29, 0.717) is 6.42 Å². The zero-order valence-corrected chi connectivity index (χ0v) is 42.3. The van der Waals surface area contributed by atoms with Gasteiger partial charge in [-0.3, -0.25) is 4.79 Å². The van der Waals surface area contributed by atoms with Crippen LogP contribution in [0.4, 0.5) is 0 Å². The Labute approximate surface area is 389 Å². The van der Waals surface area contributed by atoms with Crippen LogP contribution >= 0.6 is 0 Å². The standard InChI is InChI=1S/C57H113NO4/c1-3-5-7-9-11-13-15-16-17-18-19-20-21-22-23-24-25-26-27-28-29-30-31-32-33-34-35-36-37-38-39-40-41-42-44-46-48-50-54(60)52-57(62)58-55(53-59)56(61)51-49-47-45-43-14-12-10-8-6-4-2/h49,51,54-56,59-61H,3-48,50,52-53H2,1-2H3,(H,58,62)/b51-49+. The maximum atomic E-state index is 12.4. The number of nitrogens with one attached hydrogen (secondary N) is 1. The molecule has 0 radical (unpaired) electrons. The number of hydrogen-bond donors (Lipinski definition) is 4. The highest BCUT2D eigenvalue weighted by Crippen LogP contribution is 2.18. The molecule has 5 heteroatoms. The van der Waals surface area contributed by atoms with Gasteiger partial charge in [0, 0.05) is 0 Å². The fourth-order valence-corrected chi connectivity index (χ4v) is 9.23. The van der Waals surface area contributed by atoms with Crippen LogP contribution in [0.3, 0.4) is 0 Å². The minimum absolute atomic E-state index is 0.0187. The summed E-state index contributed by atoms with van der Waals surface area (Å²) in [5, 5.41) is 33.2. The summed E-state index contributed by atoms with van der Waals surface area (Å²) in [5.41, 5.74) is 0. The third-order valence-electron chi connectivity index (χ3n) is 13.6. The summed E-state index contributed by atoms with van der Waals surface area (Å²) in [5.74, 6) is -0.311. The van der Waals surface area contributed by atoms with Crippen molar-refractivity contribution in [1.29, 1.82) is 0 Å². The lowest BCUT2D eigenvalue weighted by Crippen LogP contribution is -2.45. The van der Waals surface area contributed by atoms with Gasteiger partial charge in [-0.15, -0.1) is 0 Å². The monoisotopic (exact) mass is 876 g/mol. The van der Waals surface area contributed by atoms with Crippen LogP contribution in [-0.2, 0) is 4.79 Å². The second-order valence-electron chi connectivity index (χ2n) is 19.9. The zero-order chi connectivity index (χ0) is 45.1. The summed E-state index contributed by atoms with van der Waals surface area (Å²) in [6.07, 6.45) is 65.8. The molecule has 0 heterocycles. The van der Waals surface area contributed by atoms with E-state index in [1.165, 1.54) is 270 Å². The number of amides is 1. The number of rotatable bonds is 53. The lowest BCUT2D eigenvalue weighted by molar-refractivity contribution is -0.124. The normalized spacial score (nSPS) is 13.3. The third kappa shape index (κ3) is 48.5. The molecule has 0 spiro atoms. The quantitative estimate of drug-likeness (QED) is 0.0362. The van der Waals surface area contributed by atoms with Crippen molar-refractivity contribution >= 4 is 5.91 Å². The highest BCUT2D eigenvalue weighted by Gasteiger charge is 2.20. The molecule has 0 aromatic rings. The van der Waals surface area contributed by atoms with Gasteiger partial charge in [0.25, 0.3) is 0 Å². The molecule has 0 aliphatic heterocycles. The van der Waals surface area contributed by atoms with Crippen LogP contribution in [0.15, 0.2) is 12.2 Å². The Bertz CT molecular complexity index is 879. The van der Waals surface area contributed by atoms with Crippen molar-refractivity contribution in [3.63, 3.8) is 0 Å². The van der Waals surface area contributed by atoms with E-state index >= 15 is 0 Å². The number of unbranched alkanes of at least 4 members (excludes halogenated alkanes) is 44. The second kappa shape index (κ2) is 52.7. The molecule has 370 valence electrons. The predicted molar refractivity (Wildman–Crippen MR) is 273 cm³/mol. The molecule has 3 atom stereocenters. The first-order chi connectivity index (χ1) is 30.5. The first-order valence-corrected chi connectivity index (χ1v) is 28.5. The zero-order valence-electron chi connectivity index (χ0n) is 42.3. The minimum atomic E-state index is -0.923. The van der Waals surface area contributed by atoms with E-state index in [9.17, 15) is 20.1 Å².